The molecule has 0 radical (unpaired) electrons. The highest BCUT2D eigenvalue weighted by atomic mass is 16.4. The maximum atomic E-state index is 10.5. The molecule has 4 nitrogen and oxygen atoms in total. The van der Waals surface area contributed by atoms with Gasteiger partial charge in [0.15, 0.2) is 0 Å². The zero-order chi connectivity index (χ0) is 12.3. The summed E-state index contributed by atoms with van der Waals surface area (Å²) in [5, 5.41) is 20.4. The summed E-state index contributed by atoms with van der Waals surface area (Å²) in [5.41, 5.74) is 0.685. The molecule has 1 aromatic heterocycles. The highest BCUT2D eigenvalue weighted by Gasteiger charge is 2.12. The summed E-state index contributed by atoms with van der Waals surface area (Å²) in [5.74, 6) is -0.905. The van der Waals surface area contributed by atoms with Crippen LogP contribution in [0, 0.1) is 0 Å². The zero-order valence-corrected chi connectivity index (χ0v) is 9.21. The number of nitrogens with zero attached hydrogens (tertiary/aromatic N) is 1. The summed E-state index contributed by atoms with van der Waals surface area (Å²) >= 11 is 0. The van der Waals surface area contributed by atoms with E-state index in [1.807, 2.05) is 24.3 Å². The van der Waals surface area contributed by atoms with Crippen LogP contribution in [0.15, 0.2) is 36.7 Å². The van der Waals surface area contributed by atoms with Crippen LogP contribution >= 0.6 is 0 Å². The quantitative estimate of drug-likeness (QED) is 0.845. The number of aliphatic hydroxyl groups excluding tert-OH is 1. The zero-order valence-electron chi connectivity index (χ0n) is 9.21. The van der Waals surface area contributed by atoms with Crippen LogP contribution in [-0.4, -0.2) is 21.2 Å². The van der Waals surface area contributed by atoms with E-state index in [1.165, 1.54) is 0 Å². The lowest BCUT2D eigenvalue weighted by atomic mass is 10.0. The van der Waals surface area contributed by atoms with E-state index in [4.69, 9.17) is 5.11 Å². The molecule has 1 unspecified atom stereocenters. The van der Waals surface area contributed by atoms with E-state index in [1.54, 1.807) is 12.4 Å². The molecule has 4 heteroatoms. The van der Waals surface area contributed by atoms with E-state index in [-0.39, 0.29) is 12.8 Å². The van der Waals surface area contributed by atoms with E-state index < -0.39 is 12.1 Å². The van der Waals surface area contributed by atoms with Crippen molar-refractivity contribution in [3.05, 3.63) is 42.2 Å². The van der Waals surface area contributed by atoms with Gasteiger partial charge in [-0.15, -0.1) is 0 Å². The minimum atomic E-state index is -0.905. The first-order valence-electron chi connectivity index (χ1n) is 5.41. The number of aliphatic hydroxyl groups is 1. The smallest absolute Gasteiger partial charge is 0.303 e. The largest absolute Gasteiger partial charge is 0.481 e. The molecule has 2 N–H and O–H groups in total. The van der Waals surface area contributed by atoms with E-state index in [0.29, 0.717) is 5.56 Å². The molecule has 0 amide bonds. The Hall–Kier alpha value is -1.94. The molecule has 0 saturated heterocycles. The van der Waals surface area contributed by atoms with Crippen molar-refractivity contribution in [1.29, 1.82) is 0 Å². The molecule has 1 aromatic carbocycles. The third-order valence-corrected chi connectivity index (χ3v) is 2.69. The molecular weight excluding hydrogens is 218 g/mol. The number of hydrogen-bond donors (Lipinski definition) is 2. The van der Waals surface area contributed by atoms with Gasteiger partial charge in [-0.2, -0.15) is 0 Å². The molecule has 0 bridgehead atoms. The van der Waals surface area contributed by atoms with Crippen LogP contribution in [-0.2, 0) is 4.79 Å². The Labute approximate surface area is 98.5 Å². The minimum absolute atomic E-state index is 0.0512. The average molecular weight is 231 g/mol. The number of rotatable bonds is 4. The van der Waals surface area contributed by atoms with Crippen molar-refractivity contribution in [3.63, 3.8) is 0 Å². The van der Waals surface area contributed by atoms with Crippen molar-refractivity contribution in [2.45, 2.75) is 18.9 Å². The SMILES string of the molecule is O=C(O)CCC(O)c1cncc2ccccc12. The Morgan fingerprint density at radius 1 is 1.29 bits per heavy atom. The second-order valence-electron chi connectivity index (χ2n) is 3.90. The maximum absolute atomic E-state index is 10.5. The van der Waals surface area contributed by atoms with Gasteiger partial charge in [-0.3, -0.25) is 9.78 Å². The van der Waals surface area contributed by atoms with Gasteiger partial charge in [-0.1, -0.05) is 24.3 Å². The van der Waals surface area contributed by atoms with Crippen LogP contribution in [0.1, 0.15) is 24.5 Å². The van der Waals surface area contributed by atoms with Crippen LogP contribution in [0.5, 0.6) is 0 Å². The molecule has 1 heterocycles. The Morgan fingerprint density at radius 2 is 2.06 bits per heavy atom. The van der Waals surface area contributed by atoms with Crippen molar-refractivity contribution < 1.29 is 15.0 Å². The number of carboxylic acid groups (broad SMARTS) is 1. The molecule has 0 saturated carbocycles. The number of fused-ring (bicyclic) bond motifs is 1. The molecule has 0 aliphatic heterocycles. The second kappa shape index (κ2) is 4.93. The third-order valence-electron chi connectivity index (χ3n) is 2.69. The molecular formula is C13H13NO3. The van der Waals surface area contributed by atoms with E-state index >= 15 is 0 Å². The van der Waals surface area contributed by atoms with E-state index in [9.17, 15) is 9.90 Å². The Bertz CT molecular complexity index is 534. The van der Waals surface area contributed by atoms with Crippen molar-refractivity contribution in [2.24, 2.45) is 0 Å². The highest BCUT2D eigenvalue weighted by molar-refractivity contribution is 5.84. The van der Waals surface area contributed by atoms with E-state index in [2.05, 4.69) is 4.98 Å². The topological polar surface area (TPSA) is 70.4 Å². The summed E-state index contributed by atoms with van der Waals surface area (Å²) in [4.78, 5) is 14.5. The van der Waals surface area contributed by atoms with Gasteiger partial charge in [-0.05, 0) is 11.8 Å². The molecule has 88 valence electrons. The Balaban J connectivity index is 2.31. The van der Waals surface area contributed by atoms with Gasteiger partial charge in [-0.25, -0.2) is 0 Å². The molecule has 0 aliphatic carbocycles. The van der Waals surface area contributed by atoms with Gasteiger partial charge in [0.25, 0.3) is 0 Å². The van der Waals surface area contributed by atoms with Crippen molar-refractivity contribution >= 4 is 16.7 Å². The lowest BCUT2D eigenvalue weighted by Gasteiger charge is -2.11. The first-order chi connectivity index (χ1) is 8.18. The fourth-order valence-corrected chi connectivity index (χ4v) is 1.82. The van der Waals surface area contributed by atoms with Gasteiger partial charge in [0.1, 0.15) is 0 Å². The average Bonchev–Trinajstić information content (AvgIpc) is 2.35. The van der Waals surface area contributed by atoms with Crippen LogP contribution in [0.2, 0.25) is 0 Å². The first kappa shape index (κ1) is 11.5. The van der Waals surface area contributed by atoms with Crippen molar-refractivity contribution in [2.75, 3.05) is 0 Å². The number of carboxylic acids is 1. The summed E-state index contributed by atoms with van der Waals surface area (Å²) in [7, 11) is 0. The molecule has 1 atom stereocenters. The molecule has 0 aliphatic rings. The predicted octanol–water partition coefficient (Wildman–Crippen LogP) is 2.13. The molecule has 0 spiro atoms. The Morgan fingerprint density at radius 3 is 2.82 bits per heavy atom. The predicted molar refractivity (Wildman–Crippen MR) is 63.6 cm³/mol. The number of aromatic nitrogens is 1. The number of hydrogen-bond acceptors (Lipinski definition) is 3. The van der Waals surface area contributed by atoms with Gasteiger partial charge in [0.05, 0.1) is 6.10 Å². The summed E-state index contributed by atoms with van der Waals surface area (Å²) < 4.78 is 0. The van der Waals surface area contributed by atoms with Gasteiger partial charge in [0, 0.05) is 29.8 Å². The fraction of sp³-hybridized carbons (Fsp3) is 0.231. The number of benzene rings is 1. The van der Waals surface area contributed by atoms with Crippen LogP contribution in [0.3, 0.4) is 0 Å². The monoisotopic (exact) mass is 231 g/mol. The van der Waals surface area contributed by atoms with Crippen molar-refractivity contribution in [3.8, 4) is 0 Å². The van der Waals surface area contributed by atoms with Crippen LogP contribution in [0.4, 0.5) is 0 Å². The Kier molecular flexibility index (Phi) is 3.35. The van der Waals surface area contributed by atoms with Gasteiger partial charge in [0.2, 0.25) is 0 Å². The molecule has 2 aromatic rings. The fourth-order valence-electron chi connectivity index (χ4n) is 1.82. The third kappa shape index (κ3) is 2.60. The molecule has 0 fully saturated rings. The lowest BCUT2D eigenvalue weighted by molar-refractivity contribution is -0.137. The van der Waals surface area contributed by atoms with Gasteiger partial charge >= 0.3 is 5.97 Å². The summed E-state index contributed by atoms with van der Waals surface area (Å²) in [6.07, 6.45) is 2.68. The maximum Gasteiger partial charge on any atom is 0.303 e. The number of aliphatic carboxylic acids is 1. The number of carbonyl (C=O) groups is 1. The molecule has 17 heavy (non-hydrogen) atoms. The molecule has 2 rings (SSSR count). The minimum Gasteiger partial charge on any atom is -0.481 e. The van der Waals surface area contributed by atoms with Crippen LogP contribution in [0.25, 0.3) is 10.8 Å². The normalized spacial score (nSPS) is 12.5. The van der Waals surface area contributed by atoms with Crippen molar-refractivity contribution in [1.82, 2.24) is 4.98 Å². The number of pyridine rings is 1. The van der Waals surface area contributed by atoms with E-state index in [0.717, 1.165) is 10.8 Å². The summed E-state index contributed by atoms with van der Waals surface area (Å²) in [6.45, 7) is 0. The standard InChI is InChI=1S/C13H13NO3/c15-12(5-6-13(16)17)11-8-14-7-9-3-1-2-4-10(9)11/h1-4,7-8,12,15H,5-6H2,(H,16,17). The first-order valence-corrected chi connectivity index (χ1v) is 5.41. The van der Waals surface area contributed by atoms with Gasteiger partial charge < -0.3 is 10.2 Å². The second-order valence-corrected chi connectivity index (χ2v) is 3.90. The highest BCUT2D eigenvalue weighted by Crippen LogP contribution is 2.25. The summed E-state index contributed by atoms with van der Waals surface area (Å²) in [6, 6.07) is 7.60. The van der Waals surface area contributed by atoms with Crippen LogP contribution < -0.4 is 0 Å². The lowest BCUT2D eigenvalue weighted by Crippen LogP contribution is -2.03.